The molecule has 0 atom stereocenters. The molecule has 3 aromatic rings. The van der Waals surface area contributed by atoms with Gasteiger partial charge in [0.25, 0.3) is 5.91 Å². The molecule has 0 spiro atoms. The molecule has 0 bridgehead atoms. The number of ether oxygens (including phenoxy) is 2. The molecule has 2 aromatic heterocycles. The Labute approximate surface area is 155 Å². The smallest absolute Gasteiger partial charge is 0.257 e. The summed E-state index contributed by atoms with van der Waals surface area (Å²) < 4.78 is 15.8. The SMILES string of the molecule is COc1ccc(C(=O)N2CC(c3nc(-c4ncccn4)no3)C2)c(OC)c1. The second-order valence-electron chi connectivity index (χ2n) is 6.00. The molecule has 0 saturated carbocycles. The number of hydrogen-bond donors (Lipinski definition) is 0. The molecule has 1 fully saturated rings. The highest BCUT2D eigenvalue weighted by molar-refractivity contribution is 5.97. The number of carbonyl (C=O) groups is 1. The van der Waals surface area contributed by atoms with Crippen LogP contribution in [0.25, 0.3) is 11.6 Å². The molecule has 4 rings (SSSR count). The Balaban J connectivity index is 1.44. The zero-order chi connectivity index (χ0) is 18.8. The molecular weight excluding hydrogens is 350 g/mol. The topological polar surface area (TPSA) is 103 Å². The lowest BCUT2D eigenvalue weighted by Crippen LogP contribution is -2.48. The number of aromatic nitrogens is 4. The van der Waals surface area contributed by atoms with Gasteiger partial charge in [-0.2, -0.15) is 4.98 Å². The van der Waals surface area contributed by atoms with E-state index < -0.39 is 0 Å². The van der Waals surface area contributed by atoms with E-state index >= 15 is 0 Å². The van der Waals surface area contributed by atoms with Crippen LogP contribution in [-0.4, -0.2) is 58.2 Å². The Bertz CT molecular complexity index is 953. The highest BCUT2D eigenvalue weighted by Crippen LogP contribution is 2.31. The Kier molecular flexibility index (Phi) is 4.41. The third-order valence-electron chi connectivity index (χ3n) is 4.36. The van der Waals surface area contributed by atoms with Crippen molar-refractivity contribution < 1.29 is 18.8 Å². The molecule has 138 valence electrons. The van der Waals surface area contributed by atoms with Crippen molar-refractivity contribution in [3.63, 3.8) is 0 Å². The third kappa shape index (κ3) is 3.19. The minimum atomic E-state index is -0.114. The number of hydrogen-bond acceptors (Lipinski definition) is 8. The monoisotopic (exact) mass is 367 g/mol. The van der Waals surface area contributed by atoms with Crippen molar-refractivity contribution in [2.75, 3.05) is 27.3 Å². The van der Waals surface area contributed by atoms with Crippen LogP contribution in [0.5, 0.6) is 11.5 Å². The fourth-order valence-electron chi connectivity index (χ4n) is 2.85. The maximum absolute atomic E-state index is 12.7. The standard InChI is InChI=1S/C18H17N5O4/c1-25-12-4-5-13(14(8-12)26-2)18(24)23-9-11(10-23)17-21-16(22-27-17)15-19-6-3-7-20-15/h3-8,11H,9-10H2,1-2H3. The number of rotatable bonds is 5. The normalized spacial score (nSPS) is 13.9. The summed E-state index contributed by atoms with van der Waals surface area (Å²) in [5, 5.41) is 3.92. The fourth-order valence-corrected chi connectivity index (χ4v) is 2.85. The highest BCUT2D eigenvalue weighted by Gasteiger charge is 2.37. The second kappa shape index (κ2) is 7.02. The third-order valence-corrected chi connectivity index (χ3v) is 4.36. The van der Waals surface area contributed by atoms with E-state index in [0.29, 0.717) is 47.7 Å². The molecule has 0 radical (unpaired) electrons. The maximum Gasteiger partial charge on any atom is 0.257 e. The number of nitrogens with zero attached hydrogens (tertiary/aromatic N) is 5. The van der Waals surface area contributed by atoms with E-state index in [4.69, 9.17) is 14.0 Å². The molecular formula is C18H17N5O4. The van der Waals surface area contributed by atoms with Crippen LogP contribution in [-0.2, 0) is 0 Å². The first-order chi connectivity index (χ1) is 13.2. The summed E-state index contributed by atoms with van der Waals surface area (Å²) in [4.78, 5) is 27.0. The first-order valence-corrected chi connectivity index (χ1v) is 8.32. The fraction of sp³-hybridized carbons (Fsp3) is 0.278. The van der Waals surface area contributed by atoms with E-state index in [1.54, 1.807) is 48.7 Å². The summed E-state index contributed by atoms with van der Waals surface area (Å²) >= 11 is 0. The number of carbonyl (C=O) groups excluding carboxylic acids is 1. The summed E-state index contributed by atoms with van der Waals surface area (Å²) in [6.07, 6.45) is 3.23. The van der Waals surface area contributed by atoms with Gasteiger partial charge in [0.1, 0.15) is 11.5 Å². The largest absolute Gasteiger partial charge is 0.497 e. The summed E-state index contributed by atoms with van der Waals surface area (Å²) in [7, 11) is 3.09. The summed E-state index contributed by atoms with van der Waals surface area (Å²) in [6, 6.07) is 6.84. The van der Waals surface area contributed by atoms with Gasteiger partial charge in [-0.15, -0.1) is 0 Å². The van der Waals surface area contributed by atoms with Crippen LogP contribution in [0.3, 0.4) is 0 Å². The molecule has 1 saturated heterocycles. The molecule has 0 aliphatic carbocycles. The minimum Gasteiger partial charge on any atom is -0.497 e. The van der Waals surface area contributed by atoms with Crippen molar-refractivity contribution in [3.8, 4) is 23.1 Å². The van der Waals surface area contributed by atoms with Crippen molar-refractivity contribution in [1.29, 1.82) is 0 Å². The molecule has 27 heavy (non-hydrogen) atoms. The van der Waals surface area contributed by atoms with Gasteiger partial charge in [0.2, 0.25) is 17.5 Å². The van der Waals surface area contributed by atoms with Gasteiger partial charge in [0.15, 0.2) is 0 Å². The molecule has 0 N–H and O–H groups in total. The lowest BCUT2D eigenvalue weighted by molar-refractivity contribution is 0.0566. The van der Waals surface area contributed by atoms with Crippen molar-refractivity contribution in [2.24, 2.45) is 0 Å². The average molecular weight is 367 g/mol. The van der Waals surface area contributed by atoms with Crippen molar-refractivity contribution in [1.82, 2.24) is 25.0 Å². The molecule has 1 amide bonds. The van der Waals surface area contributed by atoms with Crippen molar-refractivity contribution in [3.05, 3.63) is 48.1 Å². The van der Waals surface area contributed by atoms with E-state index in [1.807, 2.05) is 0 Å². The van der Waals surface area contributed by atoms with Gasteiger partial charge < -0.3 is 18.9 Å². The number of benzene rings is 1. The molecule has 3 heterocycles. The highest BCUT2D eigenvalue weighted by atomic mass is 16.5. The first-order valence-electron chi connectivity index (χ1n) is 8.32. The van der Waals surface area contributed by atoms with Gasteiger partial charge in [0, 0.05) is 31.5 Å². The van der Waals surface area contributed by atoms with Crippen LogP contribution >= 0.6 is 0 Å². The maximum atomic E-state index is 12.7. The van der Waals surface area contributed by atoms with Crippen LogP contribution in [0.1, 0.15) is 22.2 Å². The molecule has 1 aromatic carbocycles. The number of methoxy groups -OCH3 is 2. The van der Waals surface area contributed by atoms with E-state index in [0.717, 1.165) is 0 Å². The summed E-state index contributed by atoms with van der Waals surface area (Å²) in [6.45, 7) is 0.983. The zero-order valence-corrected chi connectivity index (χ0v) is 14.8. The molecule has 0 unspecified atom stereocenters. The molecule has 1 aliphatic heterocycles. The quantitative estimate of drug-likeness (QED) is 0.672. The molecule has 9 nitrogen and oxygen atoms in total. The minimum absolute atomic E-state index is 0.0110. The molecule has 9 heteroatoms. The van der Waals surface area contributed by atoms with Crippen LogP contribution in [0.2, 0.25) is 0 Å². The van der Waals surface area contributed by atoms with Crippen molar-refractivity contribution >= 4 is 5.91 Å². The molecule has 1 aliphatic rings. The van der Waals surface area contributed by atoms with Crippen LogP contribution < -0.4 is 9.47 Å². The van der Waals surface area contributed by atoms with E-state index in [9.17, 15) is 4.79 Å². The predicted molar refractivity (Wildman–Crippen MR) is 93.5 cm³/mol. The Morgan fingerprint density at radius 3 is 2.63 bits per heavy atom. The van der Waals surface area contributed by atoms with Gasteiger partial charge in [-0.1, -0.05) is 5.16 Å². The predicted octanol–water partition coefficient (Wildman–Crippen LogP) is 1.78. The van der Waals surface area contributed by atoms with E-state index in [-0.39, 0.29) is 11.8 Å². The van der Waals surface area contributed by atoms with Gasteiger partial charge in [-0.25, -0.2) is 9.97 Å². The van der Waals surface area contributed by atoms with Crippen LogP contribution in [0.4, 0.5) is 0 Å². The van der Waals surface area contributed by atoms with Gasteiger partial charge in [0.05, 0.1) is 25.7 Å². The lowest BCUT2D eigenvalue weighted by Gasteiger charge is -2.37. The first kappa shape index (κ1) is 17.0. The Morgan fingerprint density at radius 1 is 1.15 bits per heavy atom. The second-order valence-corrected chi connectivity index (χ2v) is 6.00. The van der Waals surface area contributed by atoms with Gasteiger partial charge >= 0.3 is 0 Å². The van der Waals surface area contributed by atoms with Crippen LogP contribution in [0, 0.1) is 0 Å². The van der Waals surface area contributed by atoms with Crippen LogP contribution in [0.15, 0.2) is 41.2 Å². The average Bonchev–Trinajstić information content (AvgIpc) is 3.16. The van der Waals surface area contributed by atoms with Gasteiger partial charge in [-0.05, 0) is 18.2 Å². The van der Waals surface area contributed by atoms with Crippen molar-refractivity contribution in [2.45, 2.75) is 5.92 Å². The lowest BCUT2D eigenvalue weighted by atomic mass is 9.98. The summed E-state index contributed by atoms with van der Waals surface area (Å²) in [5.41, 5.74) is 0.487. The summed E-state index contributed by atoms with van der Waals surface area (Å²) in [5.74, 6) is 2.20. The van der Waals surface area contributed by atoms with Gasteiger partial charge in [-0.3, -0.25) is 4.79 Å². The Hall–Kier alpha value is -3.49. The Morgan fingerprint density at radius 2 is 1.93 bits per heavy atom. The number of likely N-dealkylation sites (tertiary alicyclic amines) is 1. The van der Waals surface area contributed by atoms with E-state index in [2.05, 4.69) is 20.1 Å². The zero-order valence-electron chi connectivity index (χ0n) is 14.8. The van der Waals surface area contributed by atoms with E-state index in [1.165, 1.54) is 7.11 Å². The number of amides is 1.